The zero-order valence-electron chi connectivity index (χ0n) is 8.73. The summed E-state index contributed by atoms with van der Waals surface area (Å²) in [5.41, 5.74) is 2.53. The highest BCUT2D eigenvalue weighted by atomic mass is 32.1. The number of nitrogens with zero attached hydrogens (tertiary/aromatic N) is 1. The SMILES string of the molecule is CCc1ccc(NCc2nccs2)cc1. The predicted molar refractivity (Wildman–Crippen MR) is 65.3 cm³/mol. The third kappa shape index (κ3) is 2.80. The molecular formula is C12H14N2S. The Morgan fingerprint density at radius 3 is 2.67 bits per heavy atom. The molecule has 15 heavy (non-hydrogen) atoms. The molecule has 3 heteroatoms. The van der Waals surface area contributed by atoms with E-state index in [-0.39, 0.29) is 0 Å². The Morgan fingerprint density at radius 2 is 2.07 bits per heavy atom. The summed E-state index contributed by atoms with van der Waals surface area (Å²) in [7, 11) is 0. The Balaban J connectivity index is 1.93. The van der Waals surface area contributed by atoms with Gasteiger partial charge in [0.15, 0.2) is 0 Å². The molecule has 0 aliphatic carbocycles. The highest BCUT2D eigenvalue weighted by molar-refractivity contribution is 7.09. The van der Waals surface area contributed by atoms with Gasteiger partial charge in [0.2, 0.25) is 0 Å². The summed E-state index contributed by atoms with van der Waals surface area (Å²) in [5, 5.41) is 6.46. The first-order valence-electron chi connectivity index (χ1n) is 5.09. The third-order valence-electron chi connectivity index (χ3n) is 2.29. The molecule has 0 fully saturated rings. The standard InChI is InChI=1S/C12H14N2S/c1-2-10-3-5-11(6-4-10)14-9-12-13-7-8-15-12/h3-8,14H,2,9H2,1H3. The fraction of sp³-hybridized carbons (Fsp3) is 0.250. The molecule has 0 amide bonds. The summed E-state index contributed by atoms with van der Waals surface area (Å²) < 4.78 is 0. The molecule has 0 aliphatic rings. The van der Waals surface area contributed by atoms with Crippen molar-refractivity contribution in [2.24, 2.45) is 0 Å². The van der Waals surface area contributed by atoms with Crippen LogP contribution < -0.4 is 5.32 Å². The molecule has 2 nitrogen and oxygen atoms in total. The number of thiazole rings is 1. The lowest BCUT2D eigenvalue weighted by Gasteiger charge is -2.04. The van der Waals surface area contributed by atoms with Crippen LogP contribution in [-0.4, -0.2) is 4.98 Å². The Morgan fingerprint density at radius 1 is 1.27 bits per heavy atom. The van der Waals surface area contributed by atoms with Gasteiger partial charge in [0.25, 0.3) is 0 Å². The van der Waals surface area contributed by atoms with E-state index in [0.29, 0.717) is 0 Å². The highest BCUT2D eigenvalue weighted by Gasteiger charge is 1.95. The maximum atomic E-state index is 4.22. The number of rotatable bonds is 4. The highest BCUT2D eigenvalue weighted by Crippen LogP contribution is 2.12. The second kappa shape index (κ2) is 4.94. The maximum Gasteiger partial charge on any atom is 0.112 e. The summed E-state index contributed by atoms with van der Waals surface area (Å²) in [6.45, 7) is 2.97. The van der Waals surface area contributed by atoms with Crippen LogP contribution in [0.5, 0.6) is 0 Å². The number of aromatic nitrogens is 1. The van der Waals surface area contributed by atoms with Crippen LogP contribution in [0.3, 0.4) is 0 Å². The van der Waals surface area contributed by atoms with Gasteiger partial charge in [-0.3, -0.25) is 0 Å². The van der Waals surface area contributed by atoms with Gasteiger partial charge in [-0.1, -0.05) is 19.1 Å². The van der Waals surface area contributed by atoms with Gasteiger partial charge in [-0.05, 0) is 24.1 Å². The number of hydrogen-bond donors (Lipinski definition) is 1. The quantitative estimate of drug-likeness (QED) is 0.851. The second-order valence-electron chi connectivity index (χ2n) is 3.33. The van der Waals surface area contributed by atoms with E-state index in [4.69, 9.17) is 0 Å². The Kier molecular flexibility index (Phi) is 3.35. The molecule has 0 radical (unpaired) electrons. The Labute approximate surface area is 94.0 Å². The molecule has 0 saturated carbocycles. The van der Waals surface area contributed by atoms with E-state index in [0.717, 1.165) is 23.7 Å². The molecule has 1 heterocycles. The normalized spacial score (nSPS) is 10.2. The van der Waals surface area contributed by atoms with E-state index in [2.05, 4.69) is 41.5 Å². The van der Waals surface area contributed by atoms with Crippen LogP contribution in [-0.2, 0) is 13.0 Å². The van der Waals surface area contributed by atoms with Crippen LogP contribution in [0.4, 0.5) is 5.69 Å². The Bertz CT molecular complexity index is 392. The monoisotopic (exact) mass is 218 g/mol. The van der Waals surface area contributed by atoms with Crippen molar-refractivity contribution in [1.29, 1.82) is 0 Å². The molecule has 1 aromatic heterocycles. The fourth-order valence-corrected chi connectivity index (χ4v) is 1.93. The first-order valence-corrected chi connectivity index (χ1v) is 5.97. The lowest BCUT2D eigenvalue weighted by Crippen LogP contribution is -1.98. The van der Waals surface area contributed by atoms with E-state index >= 15 is 0 Å². The van der Waals surface area contributed by atoms with Crippen molar-refractivity contribution < 1.29 is 0 Å². The van der Waals surface area contributed by atoms with E-state index in [1.54, 1.807) is 11.3 Å². The van der Waals surface area contributed by atoms with E-state index < -0.39 is 0 Å². The molecule has 2 rings (SSSR count). The summed E-state index contributed by atoms with van der Waals surface area (Å²) >= 11 is 1.68. The van der Waals surface area contributed by atoms with Gasteiger partial charge in [-0.25, -0.2) is 4.98 Å². The number of benzene rings is 1. The van der Waals surface area contributed by atoms with Crippen molar-refractivity contribution in [2.45, 2.75) is 19.9 Å². The van der Waals surface area contributed by atoms with Gasteiger partial charge < -0.3 is 5.32 Å². The lowest BCUT2D eigenvalue weighted by atomic mass is 10.1. The molecular weight excluding hydrogens is 204 g/mol. The molecule has 0 atom stereocenters. The van der Waals surface area contributed by atoms with Crippen molar-refractivity contribution in [3.8, 4) is 0 Å². The Hall–Kier alpha value is -1.35. The first-order chi connectivity index (χ1) is 7.38. The second-order valence-corrected chi connectivity index (χ2v) is 4.31. The van der Waals surface area contributed by atoms with Crippen LogP contribution in [0.15, 0.2) is 35.8 Å². The van der Waals surface area contributed by atoms with Crippen molar-refractivity contribution in [3.05, 3.63) is 46.4 Å². The minimum Gasteiger partial charge on any atom is -0.379 e. The average Bonchev–Trinajstić information content (AvgIpc) is 2.80. The van der Waals surface area contributed by atoms with Gasteiger partial charge in [0.1, 0.15) is 5.01 Å². The number of hydrogen-bond acceptors (Lipinski definition) is 3. The van der Waals surface area contributed by atoms with Crippen LogP contribution in [0.2, 0.25) is 0 Å². The summed E-state index contributed by atoms with van der Waals surface area (Å²) in [6.07, 6.45) is 2.93. The van der Waals surface area contributed by atoms with Crippen LogP contribution in [0.25, 0.3) is 0 Å². The van der Waals surface area contributed by atoms with Crippen molar-refractivity contribution in [3.63, 3.8) is 0 Å². The largest absolute Gasteiger partial charge is 0.379 e. The van der Waals surface area contributed by atoms with Gasteiger partial charge in [-0.15, -0.1) is 11.3 Å². The summed E-state index contributed by atoms with van der Waals surface area (Å²) in [4.78, 5) is 4.22. The lowest BCUT2D eigenvalue weighted by molar-refractivity contribution is 1.10. The van der Waals surface area contributed by atoms with E-state index in [1.807, 2.05) is 11.6 Å². The van der Waals surface area contributed by atoms with Gasteiger partial charge >= 0.3 is 0 Å². The molecule has 1 aromatic carbocycles. The van der Waals surface area contributed by atoms with Gasteiger partial charge in [-0.2, -0.15) is 0 Å². The zero-order valence-corrected chi connectivity index (χ0v) is 9.55. The van der Waals surface area contributed by atoms with Crippen LogP contribution in [0, 0.1) is 0 Å². The molecule has 2 aromatic rings. The molecule has 78 valence electrons. The number of anilines is 1. The number of nitrogens with one attached hydrogen (secondary N) is 1. The molecule has 0 unspecified atom stereocenters. The molecule has 0 spiro atoms. The third-order valence-corrected chi connectivity index (χ3v) is 3.07. The predicted octanol–water partition coefficient (Wildman–Crippen LogP) is 3.32. The first kappa shape index (κ1) is 10.2. The van der Waals surface area contributed by atoms with Crippen molar-refractivity contribution >= 4 is 17.0 Å². The van der Waals surface area contributed by atoms with Gasteiger partial charge in [0.05, 0.1) is 6.54 Å². The van der Waals surface area contributed by atoms with E-state index in [1.165, 1.54) is 5.56 Å². The van der Waals surface area contributed by atoms with Crippen molar-refractivity contribution in [1.82, 2.24) is 4.98 Å². The molecule has 0 saturated heterocycles. The summed E-state index contributed by atoms with van der Waals surface area (Å²) in [6, 6.07) is 8.55. The van der Waals surface area contributed by atoms with Crippen LogP contribution >= 0.6 is 11.3 Å². The molecule has 1 N–H and O–H groups in total. The van der Waals surface area contributed by atoms with Gasteiger partial charge in [0, 0.05) is 17.3 Å². The topological polar surface area (TPSA) is 24.9 Å². The van der Waals surface area contributed by atoms with E-state index in [9.17, 15) is 0 Å². The fourth-order valence-electron chi connectivity index (χ4n) is 1.38. The van der Waals surface area contributed by atoms with Crippen molar-refractivity contribution in [2.75, 3.05) is 5.32 Å². The smallest absolute Gasteiger partial charge is 0.112 e. The minimum absolute atomic E-state index is 0.809. The van der Waals surface area contributed by atoms with Crippen LogP contribution in [0.1, 0.15) is 17.5 Å². The summed E-state index contributed by atoms with van der Waals surface area (Å²) in [5.74, 6) is 0. The average molecular weight is 218 g/mol. The number of aryl methyl sites for hydroxylation is 1. The minimum atomic E-state index is 0.809. The maximum absolute atomic E-state index is 4.22. The zero-order chi connectivity index (χ0) is 10.5. The molecule has 0 bridgehead atoms. The molecule has 0 aliphatic heterocycles.